The highest BCUT2D eigenvalue weighted by atomic mass is 32.1. The minimum Gasteiger partial charge on any atom is -0.508 e. The SMILES string of the molecule is C.C=CCc1cc(Cn2c(=S)sc3ccccc32)cc(C)c1O.CC(C)(c1ccc(O)c(CN2CCCCC2)c1)c1ccc(O)c(CN2CCOCC2)c1.Oc1cccnc1CN1CCOCC1. The molecule has 3 aliphatic heterocycles. The van der Waals surface area contributed by atoms with Crippen LogP contribution in [0.4, 0.5) is 0 Å². The maximum absolute atomic E-state index is 10.5. The van der Waals surface area contributed by atoms with Crippen LogP contribution in [0.5, 0.6) is 23.0 Å². The largest absolute Gasteiger partial charge is 0.508 e. The van der Waals surface area contributed by atoms with E-state index in [4.69, 9.17) is 21.7 Å². The third-order valence-electron chi connectivity index (χ3n) is 13.0. The number of thiazole rings is 1. The van der Waals surface area contributed by atoms with E-state index in [1.54, 1.807) is 29.7 Å². The van der Waals surface area contributed by atoms with Gasteiger partial charge < -0.3 is 34.5 Å². The minimum absolute atomic E-state index is 0. The van der Waals surface area contributed by atoms with Crippen molar-refractivity contribution in [1.29, 1.82) is 0 Å². The van der Waals surface area contributed by atoms with E-state index in [0.717, 1.165) is 122 Å². The molecule has 0 bridgehead atoms. The zero-order valence-corrected chi connectivity index (χ0v) is 41.0. The van der Waals surface area contributed by atoms with Crippen molar-refractivity contribution >= 4 is 33.8 Å². The fraction of sp³-hybridized carbons (Fsp3) is 0.418. The number of fused-ring (bicyclic) bond motifs is 1. The highest BCUT2D eigenvalue weighted by Crippen LogP contribution is 2.37. The second kappa shape index (κ2) is 24.9. The van der Waals surface area contributed by atoms with Crippen molar-refractivity contribution in [1.82, 2.24) is 24.3 Å². The van der Waals surface area contributed by atoms with Crippen LogP contribution in [0.15, 0.2) is 104 Å². The molecule has 0 atom stereocenters. The van der Waals surface area contributed by atoms with Crippen LogP contribution in [0.3, 0.4) is 0 Å². The van der Waals surface area contributed by atoms with Crippen LogP contribution in [0.2, 0.25) is 0 Å². The number of hydrogen-bond acceptors (Lipinski definition) is 12. The molecular formula is C55H71N5O6S2. The Bertz CT molecular complexity index is 2560. The highest BCUT2D eigenvalue weighted by molar-refractivity contribution is 7.73. The Kier molecular flexibility index (Phi) is 19.2. The molecule has 68 heavy (non-hydrogen) atoms. The number of piperidine rings is 1. The predicted octanol–water partition coefficient (Wildman–Crippen LogP) is 10.7. The van der Waals surface area contributed by atoms with E-state index in [1.165, 1.54) is 35.1 Å². The Morgan fingerprint density at radius 3 is 1.84 bits per heavy atom. The topological polar surface area (TPSA) is 127 Å². The first-order valence-corrected chi connectivity index (χ1v) is 24.7. The summed E-state index contributed by atoms with van der Waals surface area (Å²) in [6.07, 6.45) is 7.97. The third kappa shape index (κ3) is 13.8. The molecule has 0 spiro atoms. The lowest BCUT2D eigenvalue weighted by molar-refractivity contribution is 0.0333. The van der Waals surface area contributed by atoms with E-state index >= 15 is 0 Å². The van der Waals surface area contributed by atoms with Gasteiger partial charge in [0.1, 0.15) is 23.0 Å². The Balaban J connectivity index is 0.000000179. The molecule has 11 nitrogen and oxygen atoms in total. The monoisotopic (exact) mass is 961 g/mol. The molecule has 0 saturated carbocycles. The number of aromatic nitrogens is 2. The molecule has 0 unspecified atom stereocenters. The third-order valence-corrected chi connectivity index (χ3v) is 14.4. The van der Waals surface area contributed by atoms with Gasteiger partial charge >= 0.3 is 0 Å². The molecule has 3 saturated heterocycles. The summed E-state index contributed by atoms with van der Waals surface area (Å²) in [6.45, 7) is 21.9. The molecule has 364 valence electrons. The number of hydrogen-bond donors (Lipinski definition) is 4. The zero-order chi connectivity index (χ0) is 47.3. The molecule has 4 aromatic carbocycles. The number of para-hydroxylation sites is 1. The van der Waals surface area contributed by atoms with Gasteiger partial charge in [-0.2, -0.15) is 0 Å². The van der Waals surface area contributed by atoms with Gasteiger partial charge in [0.2, 0.25) is 0 Å². The lowest BCUT2D eigenvalue weighted by Crippen LogP contribution is -2.35. The second-order valence-corrected chi connectivity index (χ2v) is 19.9. The first-order valence-electron chi connectivity index (χ1n) is 23.5. The van der Waals surface area contributed by atoms with Gasteiger partial charge in [-0.25, -0.2) is 0 Å². The van der Waals surface area contributed by atoms with Crippen molar-refractivity contribution in [3.05, 3.63) is 152 Å². The number of nitrogens with zero attached hydrogens (tertiary/aromatic N) is 5. The highest BCUT2D eigenvalue weighted by Gasteiger charge is 2.26. The number of phenols is 3. The van der Waals surface area contributed by atoms with Crippen LogP contribution in [-0.2, 0) is 47.5 Å². The molecule has 4 N–H and O–H groups in total. The van der Waals surface area contributed by atoms with Crippen LogP contribution < -0.4 is 0 Å². The molecule has 5 heterocycles. The van der Waals surface area contributed by atoms with Crippen molar-refractivity contribution in [2.45, 2.75) is 85.5 Å². The van der Waals surface area contributed by atoms with Gasteiger partial charge in [-0.1, -0.05) is 64.1 Å². The van der Waals surface area contributed by atoms with E-state index < -0.39 is 0 Å². The molecule has 13 heteroatoms. The fourth-order valence-electron chi connectivity index (χ4n) is 8.93. The van der Waals surface area contributed by atoms with Gasteiger partial charge in [-0.15, -0.1) is 17.9 Å². The summed E-state index contributed by atoms with van der Waals surface area (Å²) in [5.41, 5.74) is 8.92. The fourth-order valence-corrected chi connectivity index (χ4v) is 10.3. The smallest absolute Gasteiger partial charge is 0.162 e. The van der Waals surface area contributed by atoms with Gasteiger partial charge in [-0.05, 0) is 134 Å². The number of aryl methyl sites for hydroxylation is 1. The molecular weight excluding hydrogens is 891 g/mol. The normalized spacial score (nSPS) is 15.9. The number of aromatic hydroxyl groups is 4. The molecule has 3 fully saturated rings. The molecule has 0 aliphatic carbocycles. The second-order valence-electron chi connectivity index (χ2n) is 18.2. The van der Waals surface area contributed by atoms with Crippen molar-refractivity contribution in [2.24, 2.45) is 0 Å². The predicted molar refractivity (Wildman–Crippen MR) is 279 cm³/mol. The lowest BCUT2D eigenvalue weighted by atomic mass is 9.77. The number of morpholine rings is 2. The number of phenolic OH excluding ortho intramolecular Hbond substituents is 3. The number of likely N-dealkylation sites (tertiary alicyclic amines) is 1. The van der Waals surface area contributed by atoms with Crippen LogP contribution in [0.1, 0.15) is 85.2 Å². The van der Waals surface area contributed by atoms with Gasteiger partial charge in [-0.3, -0.25) is 19.7 Å². The van der Waals surface area contributed by atoms with Crippen molar-refractivity contribution < 1.29 is 29.9 Å². The summed E-state index contributed by atoms with van der Waals surface area (Å²) in [5.74, 6) is 1.37. The zero-order valence-electron chi connectivity index (χ0n) is 39.3. The summed E-state index contributed by atoms with van der Waals surface area (Å²) < 4.78 is 14.9. The maximum Gasteiger partial charge on any atom is 0.162 e. The van der Waals surface area contributed by atoms with E-state index in [2.05, 4.69) is 68.9 Å². The van der Waals surface area contributed by atoms with E-state index in [-0.39, 0.29) is 18.6 Å². The first-order chi connectivity index (χ1) is 32.4. The first kappa shape index (κ1) is 52.3. The molecule has 6 aromatic rings. The lowest BCUT2D eigenvalue weighted by Gasteiger charge is -2.30. The summed E-state index contributed by atoms with van der Waals surface area (Å²) in [6, 6.07) is 27.7. The number of ether oxygens (including phenoxy) is 2. The summed E-state index contributed by atoms with van der Waals surface area (Å²) in [7, 11) is 0. The van der Waals surface area contributed by atoms with Gasteiger partial charge in [0.25, 0.3) is 0 Å². The number of allylic oxidation sites excluding steroid dienone is 1. The summed E-state index contributed by atoms with van der Waals surface area (Å²) in [5, 5.41) is 40.6. The molecule has 0 radical (unpaired) electrons. The molecule has 3 aliphatic rings. The van der Waals surface area contributed by atoms with Crippen LogP contribution >= 0.6 is 23.6 Å². The van der Waals surface area contributed by atoms with Gasteiger partial charge in [0, 0.05) is 75.1 Å². The Morgan fingerprint density at radius 2 is 1.25 bits per heavy atom. The number of rotatable bonds is 12. The van der Waals surface area contributed by atoms with Crippen LogP contribution in [0, 0.1) is 10.9 Å². The van der Waals surface area contributed by atoms with Crippen molar-refractivity contribution in [3.63, 3.8) is 0 Å². The standard InChI is InChI=1S/C26H36N2O3.C18H17NOS2.C10H14N2O2.CH4/c1-26(2,22-6-8-24(29)20(16-22)18-27-10-4-3-5-11-27)23-7-9-25(30)21(17-23)19-28-12-14-31-15-13-28;1-3-6-14-10-13(9-12(2)17(14)20)11-19-15-7-4-5-8-16(15)22-18(19)21;13-10-2-1-3-11-9(10)8-12-4-6-14-7-5-12;/h6-9,16-17,29-30H,3-5,10-15,18-19H2,1-2H3;3-5,7-10,20H,1,6,11H2,2H3;1-3,13H,4-8H2;1H4. The Hall–Kier alpha value is -5.12. The van der Waals surface area contributed by atoms with Gasteiger partial charge in [0.05, 0.1) is 42.3 Å². The quantitative estimate of drug-likeness (QED) is 0.0692. The van der Waals surface area contributed by atoms with Crippen LogP contribution in [0.25, 0.3) is 10.2 Å². The number of benzene rings is 4. The summed E-state index contributed by atoms with van der Waals surface area (Å²) in [4.78, 5) is 11.1. The van der Waals surface area contributed by atoms with E-state index in [1.807, 2.05) is 61.5 Å². The Morgan fingerprint density at radius 1 is 0.676 bits per heavy atom. The average Bonchev–Trinajstić information content (AvgIpc) is 3.65. The number of pyridine rings is 1. The van der Waals surface area contributed by atoms with E-state index in [0.29, 0.717) is 36.8 Å². The molecule has 9 rings (SSSR count). The van der Waals surface area contributed by atoms with Crippen LogP contribution in [-0.4, -0.2) is 110 Å². The molecule has 2 aromatic heterocycles. The minimum atomic E-state index is -0.238. The maximum atomic E-state index is 10.5. The Labute approximate surface area is 412 Å². The summed E-state index contributed by atoms with van der Waals surface area (Å²) >= 11 is 7.14. The average molecular weight is 962 g/mol. The molecule has 0 amide bonds. The van der Waals surface area contributed by atoms with Crippen molar-refractivity contribution in [3.8, 4) is 23.0 Å². The van der Waals surface area contributed by atoms with Crippen molar-refractivity contribution in [2.75, 3.05) is 65.7 Å². The van der Waals surface area contributed by atoms with E-state index in [9.17, 15) is 20.4 Å². The van der Waals surface area contributed by atoms with Gasteiger partial charge in [0.15, 0.2) is 3.95 Å².